The molecule has 0 bridgehead atoms. The van der Waals surface area contributed by atoms with E-state index >= 15 is 0 Å². The summed E-state index contributed by atoms with van der Waals surface area (Å²) in [5.41, 5.74) is 0. The predicted molar refractivity (Wildman–Crippen MR) is 79.5 cm³/mol. The van der Waals surface area contributed by atoms with Crippen molar-refractivity contribution in [2.24, 2.45) is 5.92 Å². The normalized spacial score (nSPS) is 20.4. The molecule has 0 radical (unpaired) electrons. The maximum atomic E-state index is 13.9. The minimum Gasteiger partial charge on any atom is -0.306 e. The molecule has 1 saturated heterocycles. The van der Waals surface area contributed by atoms with Gasteiger partial charge in [0.2, 0.25) is 10.0 Å². The van der Waals surface area contributed by atoms with Gasteiger partial charge in [-0.1, -0.05) is 0 Å². The zero-order valence-electron chi connectivity index (χ0n) is 11.8. The molecule has 1 aromatic rings. The number of likely N-dealkylation sites (tertiary alicyclic amines) is 1. The lowest BCUT2D eigenvalue weighted by Crippen LogP contribution is -2.33. The molecular formula is C13H17BrF2N2O2S. The number of benzene rings is 1. The molecule has 1 unspecified atom stereocenters. The summed E-state index contributed by atoms with van der Waals surface area (Å²) in [6.45, 7) is 2.05. The smallest absolute Gasteiger partial charge is 0.246 e. The Labute approximate surface area is 131 Å². The molecule has 1 aliphatic rings. The van der Waals surface area contributed by atoms with Gasteiger partial charge in [-0.05, 0) is 47.9 Å². The van der Waals surface area contributed by atoms with E-state index in [4.69, 9.17) is 0 Å². The van der Waals surface area contributed by atoms with Gasteiger partial charge < -0.3 is 4.90 Å². The summed E-state index contributed by atoms with van der Waals surface area (Å²) >= 11 is 2.93. The zero-order valence-corrected chi connectivity index (χ0v) is 14.2. The molecule has 8 heteroatoms. The van der Waals surface area contributed by atoms with Crippen molar-refractivity contribution in [3.8, 4) is 0 Å². The van der Waals surface area contributed by atoms with Gasteiger partial charge in [-0.3, -0.25) is 0 Å². The number of nitrogens with zero attached hydrogens (tertiary/aromatic N) is 2. The van der Waals surface area contributed by atoms with E-state index < -0.39 is 26.6 Å². The Hall–Kier alpha value is -0.570. The highest BCUT2D eigenvalue weighted by atomic mass is 79.9. The van der Waals surface area contributed by atoms with Gasteiger partial charge in [-0.15, -0.1) is 0 Å². The maximum Gasteiger partial charge on any atom is 0.246 e. The third-order valence-electron chi connectivity index (χ3n) is 3.64. The standard InChI is InChI=1S/C13H17BrF2N2O2S/c1-17-4-3-9(7-17)8-18(2)21(19,20)13-11(14)5-10(15)6-12(13)16/h5-6,9H,3-4,7-8H2,1-2H3. The summed E-state index contributed by atoms with van der Waals surface area (Å²) in [5.74, 6) is -1.69. The third kappa shape index (κ3) is 3.61. The molecule has 1 atom stereocenters. The van der Waals surface area contributed by atoms with Crippen LogP contribution in [-0.2, 0) is 10.0 Å². The van der Waals surface area contributed by atoms with Crippen LogP contribution < -0.4 is 0 Å². The highest BCUT2D eigenvalue weighted by molar-refractivity contribution is 9.10. The van der Waals surface area contributed by atoms with Crippen molar-refractivity contribution in [1.29, 1.82) is 0 Å². The number of hydrogen-bond donors (Lipinski definition) is 0. The number of halogens is 3. The van der Waals surface area contributed by atoms with Gasteiger partial charge in [0, 0.05) is 30.7 Å². The van der Waals surface area contributed by atoms with Gasteiger partial charge >= 0.3 is 0 Å². The van der Waals surface area contributed by atoms with E-state index in [0.717, 1.165) is 29.9 Å². The second-order valence-electron chi connectivity index (χ2n) is 5.40. The van der Waals surface area contributed by atoms with E-state index in [0.29, 0.717) is 12.6 Å². The molecule has 2 rings (SSSR count). The van der Waals surface area contributed by atoms with Crippen molar-refractivity contribution in [1.82, 2.24) is 9.21 Å². The highest BCUT2D eigenvalue weighted by Gasteiger charge is 2.31. The van der Waals surface area contributed by atoms with Crippen LogP contribution in [0.25, 0.3) is 0 Å². The molecule has 0 saturated carbocycles. The van der Waals surface area contributed by atoms with Gasteiger partial charge in [0.05, 0.1) is 0 Å². The topological polar surface area (TPSA) is 40.6 Å². The van der Waals surface area contributed by atoms with E-state index in [1.165, 1.54) is 7.05 Å². The molecular weight excluding hydrogens is 366 g/mol. The molecule has 0 aliphatic carbocycles. The molecule has 0 aromatic heterocycles. The van der Waals surface area contributed by atoms with Crippen molar-refractivity contribution in [3.63, 3.8) is 0 Å². The lowest BCUT2D eigenvalue weighted by Gasteiger charge is -2.21. The van der Waals surface area contributed by atoms with Gasteiger partial charge in [0.15, 0.2) is 0 Å². The summed E-state index contributed by atoms with van der Waals surface area (Å²) in [6, 6.07) is 1.53. The fourth-order valence-corrected chi connectivity index (χ4v) is 4.92. The largest absolute Gasteiger partial charge is 0.306 e. The van der Waals surface area contributed by atoms with Crippen LogP contribution in [0.1, 0.15) is 6.42 Å². The molecule has 21 heavy (non-hydrogen) atoms. The van der Waals surface area contributed by atoms with Crippen LogP contribution in [-0.4, -0.2) is 51.4 Å². The third-order valence-corrected chi connectivity index (χ3v) is 6.42. The van der Waals surface area contributed by atoms with Crippen LogP contribution in [0.4, 0.5) is 8.78 Å². The zero-order chi connectivity index (χ0) is 15.8. The fraction of sp³-hybridized carbons (Fsp3) is 0.538. The molecule has 118 valence electrons. The summed E-state index contributed by atoms with van der Waals surface area (Å²) < 4.78 is 52.9. The van der Waals surface area contributed by atoms with Crippen molar-refractivity contribution >= 4 is 26.0 Å². The lowest BCUT2D eigenvalue weighted by atomic mass is 10.1. The van der Waals surface area contributed by atoms with Crippen molar-refractivity contribution < 1.29 is 17.2 Å². The molecule has 1 aromatic carbocycles. The molecule has 1 aliphatic heterocycles. The van der Waals surface area contributed by atoms with Gasteiger partial charge in [-0.25, -0.2) is 21.5 Å². The van der Waals surface area contributed by atoms with Crippen LogP contribution in [0.3, 0.4) is 0 Å². The van der Waals surface area contributed by atoms with Crippen molar-refractivity contribution in [2.45, 2.75) is 11.3 Å². The average Bonchev–Trinajstić information content (AvgIpc) is 2.72. The van der Waals surface area contributed by atoms with Crippen LogP contribution in [0.15, 0.2) is 21.5 Å². The van der Waals surface area contributed by atoms with E-state index in [-0.39, 0.29) is 10.4 Å². The Morgan fingerprint density at radius 3 is 2.62 bits per heavy atom. The Balaban J connectivity index is 2.25. The minimum absolute atomic E-state index is 0.101. The van der Waals surface area contributed by atoms with Crippen LogP contribution >= 0.6 is 15.9 Å². The first-order valence-corrected chi connectivity index (χ1v) is 8.74. The number of sulfonamides is 1. The Morgan fingerprint density at radius 1 is 1.43 bits per heavy atom. The summed E-state index contributed by atoms with van der Waals surface area (Å²) in [4.78, 5) is 1.61. The van der Waals surface area contributed by atoms with Gasteiger partial charge in [-0.2, -0.15) is 0 Å². The second kappa shape index (κ2) is 6.28. The number of hydrogen-bond acceptors (Lipinski definition) is 3. The Morgan fingerprint density at radius 2 is 2.10 bits per heavy atom. The molecule has 1 heterocycles. The average molecular weight is 383 g/mol. The first kappa shape index (κ1) is 16.8. The summed E-state index contributed by atoms with van der Waals surface area (Å²) in [5, 5.41) is 0. The van der Waals surface area contributed by atoms with Crippen LogP contribution in [0, 0.1) is 17.6 Å². The van der Waals surface area contributed by atoms with Crippen LogP contribution in [0.5, 0.6) is 0 Å². The van der Waals surface area contributed by atoms with Gasteiger partial charge in [0.1, 0.15) is 16.5 Å². The maximum absolute atomic E-state index is 13.9. The van der Waals surface area contributed by atoms with E-state index in [1.807, 2.05) is 7.05 Å². The summed E-state index contributed by atoms with van der Waals surface area (Å²) in [7, 11) is -0.599. The predicted octanol–water partition coefficient (Wildman–Crippen LogP) is 2.30. The molecule has 0 N–H and O–H groups in total. The highest BCUT2D eigenvalue weighted by Crippen LogP contribution is 2.29. The lowest BCUT2D eigenvalue weighted by molar-refractivity contribution is 0.355. The van der Waals surface area contributed by atoms with E-state index in [1.54, 1.807) is 0 Å². The Bertz CT molecular complexity index is 616. The monoisotopic (exact) mass is 382 g/mol. The SMILES string of the molecule is CN1CCC(CN(C)S(=O)(=O)c2c(F)cc(F)cc2Br)C1. The molecule has 4 nitrogen and oxygen atoms in total. The second-order valence-corrected chi connectivity index (χ2v) is 8.24. The molecule has 0 amide bonds. The first-order chi connectivity index (χ1) is 9.71. The minimum atomic E-state index is -4.00. The first-order valence-electron chi connectivity index (χ1n) is 6.51. The van der Waals surface area contributed by atoms with Crippen LogP contribution in [0.2, 0.25) is 0 Å². The quantitative estimate of drug-likeness (QED) is 0.801. The van der Waals surface area contributed by atoms with Crippen molar-refractivity contribution in [3.05, 3.63) is 28.2 Å². The van der Waals surface area contributed by atoms with E-state index in [2.05, 4.69) is 20.8 Å². The van der Waals surface area contributed by atoms with Crippen molar-refractivity contribution in [2.75, 3.05) is 33.7 Å². The van der Waals surface area contributed by atoms with Gasteiger partial charge in [0.25, 0.3) is 0 Å². The van der Waals surface area contributed by atoms with E-state index in [9.17, 15) is 17.2 Å². The summed E-state index contributed by atoms with van der Waals surface area (Å²) in [6.07, 6.45) is 0.906. The molecule has 1 fully saturated rings. The Kier molecular flexibility index (Phi) is 5.02. The molecule has 0 spiro atoms. The fourth-order valence-electron chi connectivity index (χ4n) is 2.57. The number of rotatable bonds is 4.